The van der Waals surface area contributed by atoms with E-state index in [1.54, 1.807) is 0 Å². The molecule has 0 aliphatic carbocycles. The zero-order valence-electron chi connectivity index (χ0n) is 7.73. The van der Waals surface area contributed by atoms with Crippen LogP contribution < -0.4 is 0 Å². The minimum Gasteiger partial charge on any atom is -0.479 e. The van der Waals surface area contributed by atoms with Gasteiger partial charge in [0, 0.05) is 4.75 Å². The Hall–Kier alpha value is -0.550. The molecule has 0 bridgehead atoms. The van der Waals surface area contributed by atoms with Crippen molar-refractivity contribution in [3.63, 3.8) is 0 Å². The molecule has 0 aromatic heterocycles. The Morgan fingerprint density at radius 1 is 1.31 bits per heavy atom. The van der Waals surface area contributed by atoms with Gasteiger partial charge in [-0.3, -0.25) is 4.79 Å². The third-order valence-electron chi connectivity index (χ3n) is 1.37. The van der Waals surface area contributed by atoms with Crippen LogP contribution in [0.4, 0.5) is 0 Å². The molecule has 2 unspecified atom stereocenters. The SMILES string of the molecule is CC(C)(C)SC(=O)C1OC1C(=O)O. The van der Waals surface area contributed by atoms with Gasteiger partial charge in [0.2, 0.25) is 5.12 Å². The van der Waals surface area contributed by atoms with Crippen LogP contribution in [-0.4, -0.2) is 33.1 Å². The van der Waals surface area contributed by atoms with Crippen molar-refractivity contribution in [2.45, 2.75) is 37.7 Å². The molecule has 1 saturated heterocycles. The number of hydrogen-bond acceptors (Lipinski definition) is 4. The third-order valence-corrected chi connectivity index (χ3v) is 2.42. The minimum absolute atomic E-state index is 0.188. The predicted octanol–water partition coefficient (Wildman–Crippen LogP) is 0.897. The molecule has 1 aliphatic rings. The van der Waals surface area contributed by atoms with Crippen LogP contribution in [0.1, 0.15) is 20.8 Å². The van der Waals surface area contributed by atoms with Gasteiger partial charge in [-0.1, -0.05) is 32.5 Å². The van der Waals surface area contributed by atoms with Gasteiger partial charge in [0.15, 0.2) is 12.2 Å². The molecule has 0 aromatic rings. The van der Waals surface area contributed by atoms with Gasteiger partial charge >= 0.3 is 5.97 Å². The van der Waals surface area contributed by atoms with E-state index >= 15 is 0 Å². The molecule has 74 valence electrons. The molecular formula is C8H12O4S. The van der Waals surface area contributed by atoms with E-state index in [0.29, 0.717) is 0 Å². The first-order valence-corrected chi connectivity index (χ1v) is 4.74. The molecule has 0 aromatic carbocycles. The number of ether oxygens (including phenoxy) is 1. The van der Waals surface area contributed by atoms with Crippen LogP contribution in [0, 0.1) is 0 Å². The van der Waals surface area contributed by atoms with Gasteiger partial charge in [-0.2, -0.15) is 0 Å². The van der Waals surface area contributed by atoms with E-state index < -0.39 is 18.2 Å². The molecule has 1 aliphatic heterocycles. The van der Waals surface area contributed by atoms with Gasteiger partial charge in [-0.15, -0.1) is 0 Å². The Bertz CT molecular complexity index is 243. The second-order valence-electron chi connectivity index (χ2n) is 3.85. The first-order chi connectivity index (χ1) is 5.81. The molecule has 0 saturated carbocycles. The summed E-state index contributed by atoms with van der Waals surface area (Å²) in [6, 6.07) is 0. The average molecular weight is 204 g/mol. The molecule has 1 fully saturated rings. The Kier molecular flexibility index (Phi) is 2.68. The van der Waals surface area contributed by atoms with Gasteiger partial charge in [0.05, 0.1) is 0 Å². The van der Waals surface area contributed by atoms with E-state index in [1.165, 1.54) is 0 Å². The maximum absolute atomic E-state index is 11.3. The summed E-state index contributed by atoms with van der Waals surface area (Å²) >= 11 is 1.12. The van der Waals surface area contributed by atoms with Gasteiger partial charge in [0.25, 0.3) is 0 Å². The standard InChI is InChI=1S/C8H12O4S/c1-8(2,3)13-7(11)5-4(12-5)6(9)10/h4-5H,1-3H3,(H,9,10). The highest BCUT2D eigenvalue weighted by Gasteiger charge is 2.51. The molecule has 13 heavy (non-hydrogen) atoms. The van der Waals surface area contributed by atoms with Gasteiger partial charge in [0.1, 0.15) is 0 Å². The fourth-order valence-corrected chi connectivity index (χ4v) is 1.74. The Morgan fingerprint density at radius 3 is 2.15 bits per heavy atom. The zero-order valence-corrected chi connectivity index (χ0v) is 8.55. The number of carbonyl (C=O) groups excluding carboxylic acids is 1. The number of thioether (sulfide) groups is 1. The van der Waals surface area contributed by atoms with Crippen molar-refractivity contribution >= 4 is 22.8 Å². The molecule has 4 nitrogen and oxygen atoms in total. The summed E-state index contributed by atoms with van der Waals surface area (Å²) in [6.45, 7) is 5.69. The Labute approximate surface area is 80.6 Å². The summed E-state index contributed by atoms with van der Waals surface area (Å²) in [5.74, 6) is -1.06. The Balaban J connectivity index is 2.40. The molecular weight excluding hydrogens is 192 g/mol. The van der Waals surface area contributed by atoms with Crippen LogP contribution in [-0.2, 0) is 14.3 Å². The third kappa shape index (κ3) is 3.00. The molecule has 0 radical (unpaired) electrons. The number of carboxylic acid groups (broad SMARTS) is 1. The van der Waals surface area contributed by atoms with E-state index in [-0.39, 0.29) is 9.86 Å². The fraction of sp³-hybridized carbons (Fsp3) is 0.750. The highest BCUT2D eigenvalue weighted by molar-refractivity contribution is 8.14. The lowest BCUT2D eigenvalue weighted by molar-refractivity contribution is -0.138. The van der Waals surface area contributed by atoms with E-state index in [2.05, 4.69) is 0 Å². The van der Waals surface area contributed by atoms with Crippen LogP contribution in [0.15, 0.2) is 0 Å². The molecule has 0 spiro atoms. The molecule has 1 rings (SSSR count). The topological polar surface area (TPSA) is 66.9 Å². The molecule has 1 N–H and O–H groups in total. The summed E-state index contributed by atoms with van der Waals surface area (Å²) in [5, 5.41) is 8.29. The van der Waals surface area contributed by atoms with Crippen molar-refractivity contribution in [3.8, 4) is 0 Å². The van der Waals surface area contributed by atoms with Crippen molar-refractivity contribution in [3.05, 3.63) is 0 Å². The number of epoxide rings is 1. The van der Waals surface area contributed by atoms with Crippen molar-refractivity contribution in [1.82, 2.24) is 0 Å². The number of aliphatic carboxylic acids is 1. The summed E-state index contributed by atoms with van der Waals surface area (Å²) in [7, 11) is 0. The summed E-state index contributed by atoms with van der Waals surface area (Å²) in [5.41, 5.74) is 0. The lowest BCUT2D eigenvalue weighted by Gasteiger charge is -2.14. The maximum Gasteiger partial charge on any atom is 0.336 e. The molecule has 1 heterocycles. The highest BCUT2D eigenvalue weighted by atomic mass is 32.2. The van der Waals surface area contributed by atoms with Crippen LogP contribution in [0.25, 0.3) is 0 Å². The predicted molar refractivity (Wildman–Crippen MR) is 48.6 cm³/mol. The second kappa shape index (κ2) is 3.31. The van der Waals surface area contributed by atoms with Crippen molar-refractivity contribution in [2.75, 3.05) is 0 Å². The van der Waals surface area contributed by atoms with E-state index in [0.717, 1.165) is 11.8 Å². The van der Waals surface area contributed by atoms with Gasteiger partial charge < -0.3 is 9.84 Å². The van der Waals surface area contributed by atoms with Gasteiger partial charge in [-0.25, -0.2) is 4.79 Å². The zero-order chi connectivity index (χ0) is 10.2. The van der Waals surface area contributed by atoms with Crippen LogP contribution >= 0.6 is 11.8 Å². The van der Waals surface area contributed by atoms with Gasteiger partial charge in [-0.05, 0) is 0 Å². The molecule has 2 atom stereocenters. The summed E-state index contributed by atoms with van der Waals surface area (Å²) in [6.07, 6.45) is -1.65. The van der Waals surface area contributed by atoms with Crippen molar-refractivity contribution < 1.29 is 19.4 Å². The van der Waals surface area contributed by atoms with Crippen LogP contribution in [0.3, 0.4) is 0 Å². The van der Waals surface area contributed by atoms with Crippen LogP contribution in [0.2, 0.25) is 0 Å². The lowest BCUT2D eigenvalue weighted by Crippen LogP contribution is -2.18. The van der Waals surface area contributed by atoms with E-state index in [9.17, 15) is 9.59 Å². The quantitative estimate of drug-likeness (QED) is 0.677. The minimum atomic E-state index is -1.06. The molecule has 5 heteroatoms. The summed E-state index contributed by atoms with van der Waals surface area (Å²) < 4.78 is 4.53. The largest absolute Gasteiger partial charge is 0.479 e. The first kappa shape index (κ1) is 10.5. The maximum atomic E-state index is 11.3. The lowest BCUT2D eigenvalue weighted by atomic mass is 10.3. The van der Waals surface area contributed by atoms with Crippen LogP contribution in [0.5, 0.6) is 0 Å². The normalized spacial score (nSPS) is 27.0. The van der Waals surface area contributed by atoms with E-state index in [4.69, 9.17) is 9.84 Å². The smallest absolute Gasteiger partial charge is 0.336 e. The average Bonchev–Trinajstić information content (AvgIpc) is 2.58. The van der Waals surface area contributed by atoms with E-state index in [1.807, 2.05) is 20.8 Å². The summed E-state index contributed by atoms with van der Waals surface area (Å²) in [4.78, 5) is 21.7. The molecule has 0 amide bonds. The number of carbonyl (C=O) groups is 2. The number of carboxylic acids is 1. The Morgan fingerprint density at radius 2 is 1.85 bits per heavy atom. The van der Waals surface area contributed by atoms with Crippen molar-refractivity contribution in [1.29, 1.82) is 0 Å². The fourth-order valence-electron chi connectivity index (χ4n) is 0.839. The monoisotopic (exact) mass is 204 g/mol. The first-order valence-electron chi connectivity index (χ1n) is 3.92. The van der Waals surface area contributed by atoms with Crippen molar-refractivity contribution in [2.24, 2.45) is 0 Å². The number of hydrogen-bond donors (Lipinski definition) is 1. The highest BCUT2D eigenvalue weighted by Crippen LogP contribution is 2.33. The number of rotatable bonds is 2. The second-order valence-corrected chi connectivity index (χ2v) is 5.68.